The maximum atomic E-state index is 14.2. The summed E-state index contributed by atoms with van der Waals surface area (Å²) in [6, 6.07) is 8.84. The summed E-state index contributed by atoms with van der Waals surface area (Å²) in [6.45, 7) is 3.65. The third-order valence-corrected chi connectivity index (χ3v) is 7.48. The van der Waals surface area contributed by atoms with Crippen molar-refractivity contribution in [1.29, 1.82) is 0 Å². The van der Waals surface area contributed by atoms with Crippen molar-refractivity contribution in [3.05, 3.63) is 70.7 Å². The molecule has 164 valence electrons. The molecule has 0 unspecified atom stereocenters. The molecule has 0 fully saturated rings. The Kier molecular flexibility index (Phi) is 7.14. The first-order chi connectivity index (χ1) is 14.8. The number of aromatic nitrogens is 1. The largest absolute Gasteiger partial charge is 0.455 e. The van der Waals surface area contributed by atoms with E-state index >= 15 is 0 Å². The number of halogens is 2. The van der Waals surface area contributed by atoms with E-state index in [2.05, 4.69) is 4.98 Å². The number of thiazole rings is 1. The molecule has 2 aromatic carbocycles. The predicted molar refractivity (Wildman–Crippen MR) is 113 cm³/mol. The molecule has 0 atom stereocenters. The van der Waals surface area contributed by atoms with Crippen molar-refractivity contribution in [3.8, 4) is 10.6 Å². The van der Waals surface area contributed by atoms with Crippen molar-refractivity contribution in [2.75, 3.05) is 13.1 Å². The molecule has 0 bridgehead atoms. The van der Waals surface area contributed by atoms with Gasteiger partial charge in [0, 0.05) is 24.0 Å². The number of ether oxygens (including phenoxy) is 1. The minimum atomic E-state index is -3.85. The molecule has 0 aliphatic rings. The summed E-state index contributed by atoms with van der Waals surface area (Å²) >= 11 is 1.29. The maximum absolute atomic E-state index is 14.2. The number of hydrogen-bond acceptors (Lipinski definition) is 6. The van der Waals surface area contributed by atoms with E-state index in [1.165, 1.54) is 27.8 Å². The van der Waals surface area contributed by atoms with Crippen LogP contribution in [0.2, 0.25) is 0 Å². The molecule has 31 heavy (non-hydrogen) atoms. The number of nitrogens with zero attached hydrogens (tertiary/aromatic N) is 2. The SMILES string of the molecule is CCN(CC)S(=O)(=O)c1ccc(F)c(C(=O)OCc2csc(-c3ccc(F)cc3)n2)c1. The van der Waals surface area contributed by atoms with Gasteiger partial charge < -0.3 is 4.74 Å². The van der Waals surface area contributed by atoms with Crippen molar-refractivity contribution < 1.29 is 26.7 Å². The fourth-order valence-electron chi connectivity index (χ4n) is 2.85. The van der Waals surface area contributed by atoms with Gasteiger partial charge in [0.2, 0.25) is 10.0 Å². The average Bonchev–Trinajstić information content (AvgIpc) is 3.22. The highest BCUT2D eigenvalue weighted by Gasteiger charge is 2.25. The standard InChI is InChI=1S/C21H20F2N2O4S2/c1-3-25(4-2)31(27,28)17-9-10-19(23)18(11-17)21(26)29-12-16-13-30-20(24-16)14-5-7-15(22)8-6-14/h5-11,13H,3-4,12H2,1-2H3. The monoisotopic (exact) mass is 466 g/mol. The van der Waals surface area contributed by atoms with Gasteiger partial charge in [0.05, 0.1) is 16.2 Å². The molecule has 1 aromatic heterocycles. The first-order valence-electron chi connectivity index (χ1n) is 9.43. The van der Waals surface area contributed by atoms with Gasteiger partial charge in [-0.15, -0.1) is 11.3 Å². The summed E-state index contributed by atoms with van der Waals surface area (Å²) in [7, 11) is -3.85. The summed E-state index contributed by atoms with van der Waals surface area (Å²) in [5.74, 6) is -2.24. The van der Waals surface area contributed by atoms with Gasteiger partial charge in [-0.05, 0) is 42.5 Å². The lowest BCUT2D eigenvalue weighted by Gasteiger charge is -2.18. The third-order valence-electron chi connectivity index (χ3n) is 4.49. The van der Waals surface area contributed by atoms with Crippen LogP contribution >= 0.6 is 11.3 Å². The Balaban J connectivity index is 1.75. The van der Waals surface area contributed by atoms with Crippen LogP contribution in [0, 0.1) is 11.6 Å². The Labute approximate surface area is 183 Å². The average molecular weight is 467 g/mol. The van der Waals surface area contributed by atoms with E-state index in [-0.39, 0.29) is 30.4 Å². The van der Waals surface area contributed by atoms with Crippen LogP contribution < -0.4 is 0 Å². The van der Waals surface area contributed by atoms with Crippen LogP contribution in [0.15, 0.2) is 52.7 Å². The first-order valence-corrected chi connectivity index (χ1v) is 11.7. The number of benzene rings is 2. The highest BCUT2D eigenvalue weighted by atomic mass is 32.2. The van der Waals surface area contributed by atoms with Crippen molar-refractivity contribution in [2.24, 2.45) is 0 Å². The molecule has 3 rings (SSSR count). The van der Waals surface area contributed by atoms with Gasteiger partial charge in [-0.3, -0.25) is 0 Å². The van der Waals surface area contributed by atoms with E-state index in [4.69, 9.17) is 4.74 Å². The lowest BCUT2D eigenvalue weighted by atomic mass is 10.2. The molecule has 10 heteroatoms. The Morgan fingerprint density at radius 2 is 1.77 bits per heavy atom. The molecule has 0 saturated carbocycles. The van der Waals surface area contributed by atoms with Gasteiger partial charge in [-0.2, -0.15) is 4.31 Å². The summed E-state index contributed by atoms with van der Waals surface area (Å²) in [5.41, 5.74) is 0.677. The molecule has 0 saturated heterocycles. The Bertz CT molecular complexity index is 1170. The molecule has 3 aromatic rings. The molecule has 0 N–H and O–H groups in total. The van der Waals surface area contributed by atoms with E-state index in [1.54, 1.807) is 31.4 Å². The van der Waals surface area contributed by atoms with Crippen LogP contribution in [0.1, 0.15) is 29.9 Å². The van der Waals surface area contributed by atoms with Crippen molar-refractivity contribution in [2.45, 2.75) is 25.3 Å². The smallest absolute Gasteiger partial charge is 0.341 e. The number of hydrogen-bond donors (Lipinski definition) is 0. The topological polar surface area (TPSA) is 76.6 Å². The quantitative estimate of drug-likeness (QED) is 0.458. The lowest BCUT2D eigenvalue weighted by molar-refractivity contribution is 0.0462. The van der Waals surface area contributed by atoms with Gasteiger partial charge in [-0.1, -0.05) is 13.8 Å². The number of rotatable bonds is 8. The number of esters is 1. The van der Waals surface area contributed by atoms with E-state index in [0.29, 0.717) is 16.3 Å². The van der Waals surface area contributed by atoms with Crippen LogP contribution in [0.4, 0.5) is 8.78 Å². The number of carbonyl (C=O) groups excluding carboxylic acids is 1. The van der Waals surface area contributed by atoms with Gasteiger partial charge in [0.25, 0.3) is 0 Å². The van der Waals surface area contributed by atoms with E-state index in [0.717, 1.165) is 18.2 Å². The normalized spacial score (nSPS) is 11.6. The van der Waals surface area contributed by atoms with Gasteiger partial charge >= 0.3 is 5.97 Å². The Hall–Kier alpha value is -2.69. The van der Waals surface area contributed by atoms with E-state index in [9.17, 15) is 22.0 Å². The van der Waals surface area contributed by atoms with Crippen molar-refractivity contribution >= 4 is 27.3 Å². The highest BCUT2D eigenvalue weighted by Crippen LogP contribution is 2.25. The molecule has 0 radical (unpaired) electrons. The zero-order valence-electron chi connectivity index (χ0n) is 16.8. The zero-order chi connectivity index (χ0) is 22.6. The Morgan fingerprint density at radius 1 is 1.10 bits per heavy atom. The second kappa shape index (κ2) is 9.63. The molecule has 0 aliphatic heterocycles. The minimum absolute atomic E-state index is 0.184. The molecular weight excluding hydrogens is 446 g/mol. The molecule has 6 nitrogen and oxygen atoms in total. The second-order valence-electron chi connectivity index (χ2n) is 6.46. The molecule has 0 aliphatic carbocycles. The molecular formula is C21H20F2N2O4S2. The fourth-order valence-corrected chi connectivity index (χ4v) is 5.14. The van der Waals surface area contributed by atoms with Crippen LogP contribution in [0.25, 0.3) is 10.6 Å². The summed E-state index contributed by atoms with van der Waals surface area (Å²) in [6.07, 6.45) is 0. The maximum Gasteiger partial charge on any atom is 0.341 e. The van der Waals surface area contributed by atoms with E-state index < -0.39 is 27.4 Å². The van der Waals surface area contributed by atoms with Gasteiger partial charge in [-0.25, -0.2) is 27.0 Å². The number of sulfonamides is 1. The van der Waals surface area contributed by atoms with Crippen LogP contribution in [-0.2, 0) is 21.4 Å². The number of carbonyl (C=O) groups is 1. The molecule has 1 heterocycles. The summed E-state index contributed by atoms with van der Waals surface area (Å²) in [5, 5.41) is 2.29. The first kappa shape index (κ1) is 23.0. The van der Waals surface area contributed by atoms with Crippen LogP contribution in [0.5, 0.6) is 0 Å². The van der Waals surface area contributed by atoms with E-state index in [1.807, 2.05) is 0 Å². The molecule has 0 spiro atoms. The fraction of sp³-hybridized carbons (Fsp3) is 0.238. The van der Waals surface area contributed by atoms with Gasteiger partial charge in [0.1, 0.15) is 23.2 Å². The molecule has 0 amide bonds. The summed E-state index contributed by atoms with van der Waals surface area (Å²) < 4.78 is 58.9. The van der Waals surface area contributed by atoms with Crippen molar-refractivity contribution in [1.82, 2.24) is 9.29 Å². The third kappa shape index (κ3) is 5.15. The van der Waals surface area contributed by atoms with Gasteiger partial charge in [0.15, 0.2) is 0 Å². The van der Waals surface area contributed by atoms with Crippen molar-refractivity contribution in [3.63, 3.8) is 0 Å². The lowest BCUT2D eigenvalue weighted by Crippen LogP contribution is -2.30. The minimum Gasteiger partial charge on any atom is -0.455 e. The predicted octanol–water partition coefficient (Wildman–Crippen LogP) is 4.48. The second-order valence-corrected chi connectivity index (χ2v) is 9.25. The zero-order valence-corrected chi connectivity index (χ0v) is 18.5. The van der Waals surface area contributed by atoms with Crippen LogP contribution in [-0.4, -0.2) is 36.8 Å². The summed E-state index contributed by atoms with van der Waals surface area (Å²) in [4.78, 5) is 16.5. The van der Waals surface area contributed by atoms with Crippen LogP contribution in [0.3, 0.4) is 0 Å². The highest BCUT2D eigenvalue weighted by molar-refractivity contribution is 7.89. The Morgan fingerprint density at radius 3 is 2.42 bits per heavy atom.